The van der Waals surface area contributed by atoms with E-state index in [2.05, 4.69) is 48.1 Å². The molecule has 0 bridgehead atoms. The fraction of sp³-hybridized carbons (Fsp3) is 0.474. The van der Waals surface area contributed by atoms with Gasteiger partial charge in [-0.25, -0.2) is 0 Å². The molecule has 28 heavy (non-hydrogen) atoms. The highest BCUT2D eigenvalue weighted by atomic mass is 127. The van der Waals surface area contributed by atoms with E-state index in [9.17, 15) is 0 Å². The lowest BCUT2D eigenvalue weighted by molar-refractivity contribution is 0.167. The van der Waals surface area contributed by atoms with E-state index in [-0.39, 0.29) is 30.1 Å². The monoisotopic (exact) mass is 563 g/mol. The van der Waals surface area contributed by atoms with Gasteiger partial charge in [-0.3, -0.25) is 9.89 Å². The van der Waals surface area contributed by atoms with E-state index in [1.54, 1.807) is 6.26 Å². The van der Waals surface area contributed by atoms with Crippen LogP contribution in [0, 0.1) is 0 Å². The Bertz CT molecular complexity index is 736. The number of aliphatic imine (C=N–C) groups is 1. The molecular formula is C19H27BrIN5O2. The first-order chi connectivity index (χ1) is 13.2. The van der Waals surface area contributed by atoms with Crippen LogP contribution in [0.2, 0.25) is 0 Å². The number of nitrogens with zero attached hydrogens (tertiary/aromatic N) is 4. The summed E-state index contributed by atoms with van der Waals surface area (Å²) in [6, 6.07) is 9.80. The number of hydrogen-bond acceptors (Lipinski definition) is 5. The number of ether oxygens (including phenoxy) is 1. The first-order valence-electron chi connectivity index (χ1n) is 9.14. The number of halogens is 2. The third-order valence-electron chi connectivity index (χ3n) is 4.47. The maximum atomic E-state index is 6.00. The average molecular weight is 564 g/mol. The second-order valence-corrected chi connectivity index (χ2v) is 7.40. The zero-order chi connectivity index (χ0) is 19.1. The Kier molecular flexibility index (Phi) is 9.52. The number of rotatable bonds is 6. The second-order valence-electron chi connectivity index (χ2n) is 6.54. The van der Waals surface area contributed by atoms with Crippen LogP contribution >= 0.6 is 39.9 Å². The topological polar surface area (TPSA) is 66.1 Å². The summed E-state index contributed by atoms with van der Waals surface area (Å²) >= 11 is 3.52. The number of guanidine groups is 1. The van der Waals surface area contributed by atoms with Gasteiger partial charge in [-0.05, 0) is 35.0 Å². The highest BCUT2D eigenvalue weighted by molar-refractivity contribution is 14.0. The van der Waals surface area contributed by atoms with Crippen LogP contribution in [0.15, 0.2) is 50.6 Å². The lowest BCUT2D eigenvalue weighted by atomic mass is 10.3. The van der Waals surface area contributed by atoms with Gasteiger partial charge in [0.2, 0.25) is 0 Å². The van der Waals surface area contributed by atoms with Crippen molar-refractivity contribution in [3.63, 3.8) is 0 Å². The van der Waals surface area contributed by atoms with E-state index in [0.29, 0.717) is 6.54 Å². The van der Waals surface area contributed by atoms with Crippen molar-refractivity contribution in [1.82, 2.24) is 20.3 Å². The highest BCUT2D eigenvalue weighted by Gasteiger charge is 2.20. The van der Waals surface area contributed by atoms with E-state index in [0.717, 1.165) is 54.6 Å². The smallest absolute Gasteiger partial charge is 0.193 e. The molecule has 1 saturated heterocycles. The molecule has 9 heteroatoms. The Morgan fingerprint density at radius 1 is 1.29 bits per heavy atom. The van der Waals surface area contributed by atoms with E-state index in [1.165, 1.54) is 0 Å². The van der Waals surface area contributed by atoms with Crippen molar-refractivity contribution in [1.29, 1.82) is 0 Å². The predicted molar refractivity (Wildman–Crippen MR) is 124 cm³/mol. The van der Waals surface area contributed by atoms with E-state index < -0.39 is 0 Å². The Hall–Kier alpha value is -1.33. The van der Waals surface area contributed by atoms with Crippen molar-refractivity contribution < 1.29 is 9.26 Å². The van der Waals surface area contributed by atoms with Crippen LogP contribution < -0.4 is 10.1 Å². The first-order valence-corrected chi connectivity index (χ1v) is 9.93. The van der Waals surface area contributed by atoms with Gasteiger partial charge in [-0.1, -0.05) is 17.3 Å². The van der Waals surface area contributed by atoms with Crippen molar-refractivity contribution in [3.05, 3.63) is 46.8 Å². The fourth-order valence-electron chi connectivity index (χ4n) is 3.03. The van der Waals surface area contributed by atoms with Crippen LogP contribution in [-0.4, -0.2) is 66.8 Å². The highest BCUT2D eigenvalue weighted by Crippen LogP contribution is 2.24. The van der Waals surface area contributed by atoms with E-state index in [1.807, 2.05) is 37.4 Å². The van der Waals surface area contributed by atoms with E-state index in [4.69, 9.17) is 9.26 Å². The van der Waals surface area contributed by atoms with Crippen molar-refractivity contribution in [2.24, 2.45) is 4.99 Å². The molecule has 7 nitrogen and oxygen atoms in total. The maximum absolute atomic E-state index is 6.00. The van der Waals surface area contributed by atoms with Gasteiger partial charge in [-0.15, -0.1) is 24.0 Å². The average Bonchev–Trinajstić information content (AvgIpc) is 3.18. The van der Waals surface area contributed by atoms with Gasteiger partial charge in [0.1, 0.15) is 18.1 Å². The van der Waals surface area contributed by atoms with Crippen LogP contribution in [0.5, 0.6) is 5.75 Å². The lowest BCUT2D eigenvalue weighted by Crippen LogP contribution is -2.53. The van der Waals surface area contributed by atoms with Gasteiger partial charge in [0.05, 0.1) is 16.7 Å². The molecular weight excluding hydrogens is 537 g/mol. The third kappa shape index (κ3) is 6.63. The number of hydrogen-bond donors (Lipinski definition) is 1. The molecule has 0 spiro atoms. The molecule has 1 aliphatic rings. The molecule has 1 aliphatic heterocycles. The van der Waals surface area contributed by atoms with Crippen LogP contribution in [0.1, 0.15) is 12.6 Å². The van der Waals surface area contributed by atoms with Gasteiger partial charge in [0, 0.05) is 45.8 Å². The van der Waals surface area contributed by atoms with Crippen LogP contribution in [-0.2, 0) is 6.54 Å². The maximum Gasteiger partial charge on any atom is 0.193 e. The molecule has 0 aliphatic carbocycles. The molecule has 1 fully saturated rings. The number of piperazine rings is 1. The Morgan fingerprint density at radius 2 is 2.04 bits per heavy atom. The summed E-state index contributed by atoms with van der Waals surface area (Å²) in [4.78, 5) is 9.09. The Morgan fingerprint density at radius 3 is 2.68 bits per heavy atom. The minimum Gasteiger partial charge on any atom is -0.488 e. The number of nitrogens with one attached hydrogen (secondary N) is 1. The largest absolute Gasteiger partial charge is 0.488 e. The van der Waals surface area contributed by atoms with Gasteiger partial charge in [0.15, 0.2) is 5.96 Å². The summed E-state index contributed by atoms with van der Waals surface area (Å²) < 4.78 is 11.9. The number of para-hydroxylation sites is 1. The summed E-state index contributed by atoms with van der Waals surface area (Å²) in [5.74, 6) is 1.77. The van der Waals surface area contributed by atoms with Gasteiger partial charge >= 0.3 is 0 Å². The molecule has 1 atom stereocenters. The lowest BCUT2D eigenvalue weighted by Gasteiger charge is -2.36. The molecule has 3 rings (SSSR count). The molecule has 2 aromatic rings. The molecule has 1 aromatic carbocycles. The molecule has 154 valence electrons. The fourth-order valence-corrected chi connectivity index (χ4v) is 3.41. The SMILES string of the molecule is CN=C(NCC(C)Oc1ccccc1Br)N1CCN(Cc2ccon2)CC1.I. The molecule has 0 saturated carbocycles. The zero-order valence-corrected chi connectivity index (χ0v) is 20.1. The van der Waals surface area contributed by atoms with Crippen LogP contribution in [0.3, 0.4) is 0 Å². The minimum absolute atomic E-state index is 0. The molecule has 0 radical (unpaired) electrons. The quantitative estimate of drug-likeness (QED) is 0.331. The van der Waals surface area contributed by atoms with Crippen molar-refractivity contribution in [2.75, 3.05) is 39.8 Å². The van der Waals surface area contributed by atoms with Crippen LogP contribution in [0.4, 0.5) is 0 Å². The summed E-state index contributed by atoms with van der Waals surface area (Å²) in [6.45, 7) is 7.36. The summed E-state index contributed by atoms with van der Waals surface area (Å²) in [6.07, 6.45) is 1.64. The first kappa shape index (κ1) is 23.0. The van der Waals surface area contributed by atoms with Gasteiger partial charge in [0.25, 0.3) is 0 Å². The second kappa shape index (κ2) is 11.6. The zero-order valence-electron chi connectivity index (χ0n) is 16.2. The Labute approximate surface area is 191 Å². The number of benzene rings is 1. The van der Waals surface area contributed by atoms with Gasteiger partial charge in [-0.2, -0.15) is 0 Å². The number of aromatic nitrogens is 1. The van der Waals surface area contributed by atoms with Crippen molar-refractivity contribution in [3.8, 4) is 5.75 Å². The van der Waals surface area contributed by atoms with Crippen LogP contribution in [0.25, 0.3) is 0 Å². The minimum atomic E-state index is 0. The van der Waals surface area contributed by atoms with Crippen molar-refractivity contribution in [2.45, 2.75) is 19.6 Å². The standard InChI is InChI=1S/C19H26BrN5O2.HI/c1-15(27-18-6-4-3-5-17(18)20)13-22-19(21-2)25-10-8-24(9-11-25)14-16-7-12-26-23-16;/h3-7,12,15H,8-11,13-14H2,1-2H3,(H,21,22);1H. The van der Waals surface area contributed by atoms with Gasteiger partial charge < -0.3 is 19.5 Å². The molecule has 0 amide bonds. The summed E-state index contributed by atoms with van der Waals surface area (Å²) in [5, 5.41) is 7.42. The predicted octanol–water partition coefficient (Wildman–Crippen LogP) is 3.22. The summed E-state index contributed by atoms with van der Waals surface area (Å²) in [7, 11) is 1.82. The van der Waals surface area contributed by atoms with E-state index >= 15 is 0 Å². The molecule has 1 aromatic heterocycles. The van der Waals surface area contributed by atoms with Crippen molar-refractivity contribution >= 4 is 45.9 Å². The normalized spacial score (nSPS) is 16.4. The molecule has 2 heterocycles. The third-order valence-corrected chi connectivity index (χ3v) is 5.13. The summed E-state index contributed by atoms with van der Waals surface area (Å²) in [5.41, 5.74) is 0.976. The molecule has 1 unspecified atom stereocenters. The Balaban J connectivity index is 0.00000280. The molecule has 1 N–H and O–H groups in total.